The molecule has 3 N–H and O–H groups in total. The van der Waals surface area contributed by atoms with Gasteiger partial charge in [-0.15, -0.1) is 0 Å². The Kier molecular flexibility index (Phi) is 3.25. The number of Topliss-reactive ketones (excluding diaryl/α,β-unsaturated/α-hetero) is 1. The van der Waals surface area contributed by atoms with Crippen LogP contribution in [0.2, 0.25) is 0 Å². The predicted molar refractivity (Wildman–Crippen MR) is 58.6 cm³/mol. The lowest BCUT2D eigenvalue weighted by Gasteiger charge is -2.07. The molecule has 0 radical (unpaired) electrons. The summed E-state index contributed by atoms with van der Waals surface area (Å²) in [5.41, 5.74) is 9.22. The first-order valence-electron chi connectivity index (χ1n) is 4.60. The molecule has 0 fully saturated rings. The van der Waals surface area contributed by atoms with E-state index >= 15 is 0 Å². The average molecular weight is 192 g/mol. The molecule has 3 heteroatoms. The lowest BCUT2D eigenvalue weighted by molar-refractivity contribution is 0.0993. The standard InChI is InChI=1S/C11H16N2O/c1-7-4-9(10(14)6-13-3)5-8(2)11(7)12/h4-5,13H,6,12H2,1-3H3. The molecule has 0 atom stereocenters. The third-order valence-corrected chi connectivity index (χ3v) is 2.25. The predicted octanol–water partition coefficient (Wildman–Crippen LogP) is 1.29. The second-order valence-corrected chi connectivity index (χ2v) is 3.48. The van der Waals surface area contributed by atoms with Crippen LogP contribution in [0.15, 0.2) is 12.1 Å². The van der Waals surface area contributed by atoms with Gasteiger partial charge in [0.25, 0.3) is 0 Å². The van der Waals surface area contributed by atoms with Crippen molar-refractivity contribution in [3.8, 4) is 0 Å². The summed E-state index contributed by atoms with van der Waals surface area (Å²) in [6, 6.07) is 3.67. The highest BCUT2D eigenvalue weighted by Gasteiger charge is 2.07. The van der Waals surface area contributed by atoms with Crippen molar-refractivity contribution >= 4 is 11.5 Å². The molecule has 3 nitrogen and oxygen atoms in total. The number of nitrogens with one attached hydrogen (secondary N) is 1. The maximum absolute atomic E-state index is 11.6. The molecule has 0 amide bonds. The average Bonchev–Trinajstić information content (AvgIpc) is 2.13. The fourth-order valence-electron chi connectivity index (χ4n) is 1.40. The Morgan fingerprint density at radius 2 is 1.86 bits per heavy atom. The highest BCUT2D eigenvalue weighted by atomic mass is 16.1. The summed E-state index contributed by atoms with van der Waals surface area (Å²) < 4.78 is 0. The quantitative estimate of drug-likeness (QED) is 0.560. The van der Waals surface area contributed by atoms with Crippen molar-refractivity contribution in [3.63, 3.8) is 0 Å². The van der Waals surface area contributed by atoms with E-state index < -0.39 is 0 Å². The van der Waals surface area contributed by atoms with Crippen LogP contribution in [0.3, 0.4) is 0 Å². The fourth-order valence-corrected chi connectivity index (χ4v) is 1.40. The van der Waals surface area contributed by atoms with Crippen LogP contribution >= 0.6 is 0 Å². The van der Waals surface area contributed by atoms with E-state index in [1.165, 1.54) is 0 Å². The summed E-state index contributed by atoms with van der Waals surface area (Å²) in [4.78, 5) is 11.6. The van der Waals surface area contributed by atoms with Crippen molar-refractivity contribution in [2.45, 2.75) is 13.8 Å². The molecule has 14 heavy (non-hydrogen) atoms. The van der Waals surface area contributed by atoms with Gasteiger partial charge in [0.05, 0.1) is 6.54 Å². The molecule has 1 aromatic carbocycles. The number of carbonyl (C=O) groups is 1. The van der Waals surface area contributed by atoms with Crippen LogP contribution < -0.4 is 11.1 Å². The minimum atomic E-state index is 0.0960. The van der Waals surface area contributed by atoms with Crippen LogP contribution in [0.5, 0.6) is 0 Å². The summed E-state index contributed by atoms with van der Waals surface area (Å²) in [5, 5.41) is 2.84. The first-order valence-corrected chi connectivity index (χ1v) is 4.60. The van der Waals surface area contributed by atoms with Gasteiger partial charge in [-0.2, -0.15) is 0 Å². The summed E-state index contributed by atoms with van der Waals surface area (Å²) >= 11 is 0. The third-order valence-electron chi connectivity index (χ3n) is 2.25. The van der Waals surface area contributed by atoms with E-state index in [2.05, 4.69) is 5.32 Å². The van der Waals surface area contributed by atoms with Crippen molar-refractivity contribution in [3.05, 3.63) is 28.8 Å². The minimum Gasteiger partial charge on any atom is -0.398 e. The van der Waals surface area contributed by atoms with Crippen molar-refractivity contribution in [2.24, 2.45) is 0 Å². The number of nitrogen functional groups attached to an aromatic ring is 1. The van der Waals surface area contributed by atoms with Gasteiger partial charge in [-0.3, -0.25) is 4.79 Å². The second kappa shape index (κ2) is 4.24. The molecular weight excluding hydrogens is 176 g/mol. The molecule has 0 saturated heterocycles. The molecule has 0 spiro atoms. The number of anilines is 1. The molecule has 0 aliphatic heterocycles. The zero-order valence-corrected chi connectivity index (χ0v) is 8.85. The SMILES string of the molecule is CNCC(=O)c1cc(C)c(N)c(C)c1. The van der Waals surface area contributed by atoms with Crippen LogP contribution in [-0.4, -0.2) is 19.4 Å². The molecule has 1 rings (SSSR count). The summed E-state index contributed by atoms with van der Waals surface area (Å²) in [7, 11) is 1.76. The van der Waals surface area contributed by atoms with E-state index in [9.17, 15) is 4.79 Å². The number of nitrogens with two attached hydrogens (primary N) is 1. The Labute approximate surface area is 84.3 Å². The van der Waals surface area contributed by atoms with E-state index in [0.29, 0.717) is 6.54 Å². The number of rotatable bonds is 3. The number of hydrogen-bond acceptors (Lipinski definition) is 3. The molecule has 0 saturated carbocycles. The van der Waals surface area contributed by atoms with E-state index in [4.69, 9.17) is 5.73 Å². The van der Waals surface area contributed by atoms with Crippen LogP contribution in [0.4, 0.5) is 5.69 Å². The number of likely N-dealkylation sites (N-methyl/N-ethyl adjacent to an activating group) is 1. The lowest BCUT2D eigenvalue weighted by Crippen LogP contribution is -2.18. The molecule has 0 heterocycles. The topological polar surface area (TPSA) is 55.1 Å². The van der Waals surface area contributed by atoms with Crippen LogP contribution in [0.1, 0.15) is 21.5 Å². The van der Waals surface area contributed by atoms with Crippen LogP contribution in [0.25, 0.3) is 0 Å². The van der Waals surface area contributed by atoms with Crippen molar-refractivity contribution in [1.29, 1.82) is 0 Å². The molecule has 76 valence electrons. The van der Waals surface area contributed by atoms with Gasteiger partial charge in [0.1, 0.15) is 0 Å². The van der Waals surface area contributed by atoms with Gasteiger partial charge >= 0.3 is 0 Å². The lowest BCUT2D eigenvalue weighted by atomic mass is 10.0. The Bertz CT molecular complexity index is 335. The van der Waals surface area contributed by atoms with E-state index in [0.717, 1.165) is 22.4 Å². The van der Waals surface area contributed by atoms with E-state index in [1.54, 1.807) is 7.05 Å². The first-order chi connectivity index (χ1) is 6.56. The van der Waals surface area contributed by atoms with Crippen LogP contribution in [-0.2, 0) is 0 Å². The van der Waals surface area contributed by atoms with Gasteiger partial charge in [-0.05, 0) is 44.2 Å². The molecule has 1 aromatic rings. The number of carbonyl (C=O) groups excluding carboxylic acids is 1. The molecule has 0 bridgehead atoms. The minimum absolute atomic E-state index is 0.0960. The van der Waals surface area contributed by atoms with Gasteiger partial charge < -0.3 is 11.1 Å². The van der Waals surface area contributed by atoms with Crippen molar-refractivity contribution in [2.75, 3.05) is 19.3 Å². The number of hydrogen-bond donors (Lipinski definition) is 2. The molecule has 0 aromatic heterocycles. The third kappa shape index (κ3) is 2.12. The van der Waals surface area contributed by atoms with Gasteiger partial charge in [-0.25, -0.2) is 0 Å². The van der Waals surface area contributed by atoms with Gasteiger partial charge in [0, 0.05) is 11.3 Å². The fraction of sp³-hybridized carbons (Fsp3) is 0.364. The van der Waals surface area contributed by atoms with Crippen LogP contribution in [0, 0.1) is 13.8 Å². The normalized spacial score (nSPS) is 10.2. The first kappa shape index (κ1) is 10.7. The Balaban J connectivity index is 3.06. The smallest absolute Gasteiger partial charge is 0.176 e. The Hall–Kier alpha value is -1.35. The number of benzene rings is 1. The zero-order valence-electron chi connectivity index (χ0n) is 8.85. The van der Waals surface area contributed by atoms with Crippen molar-refractivity contribution < 1.29 is 4.79 Å². The molecular formula is C11H16N2O. The van der Waals surface area contributed by atoms with E-state index in [-0.39, 0.29) is 5.78 Å². The number of aryl methyl sites for hydroxylation is 2. The largest absolute Gasteiger partial charge is 0.398 e. The maximum atomic E-state index is 11.6. The molecule has 0 aliphatic rings. The molecule has 0 aliphatic carbocycles. The monoisotopic (exact) mass is 192 g/mol. The Morgan fingerprint density at radius 3 is 2.29 bits per heavy atom. The summed E-state index contributed by atoms with van der Waals surface area (Å²) in [6.07, 6.45) is 0. The zero-order chi connectivity index (χ0) is 10.7. The maximum Gasteiger partial charge on any atom is 0.176 e. The van der Waals surface area contributed by atoms with Gasteiger partial charge in [0.2, 0.25) is 0 Å². The second-order valence-electron chi connectivity index (χ2n) is 3.48. The molecule has 0 unspecified atom stereocenters. The Morgan fingerprint density at radius 1 is 1.36 bits per heavy atom. The highest BCUT2D eigenvalue weighted by molar-refractivity contribution is 5.98. The highest BCUT2D eigenvalue weighted by Crippen LogP contribution is 2.18. The van der Waals surface area contributed by atoms with Crippen molar-refractivity contribution in [1.82, 2.24) is 5.32 Å². The summed E-state index contributed by atoms with van der Waals surface area (Å²) in [6.45, 7) is 4.19. The van der Waals surface area contributed by atoms with Gasteiger partial charge in [0.15, 0.2) is 5.78 Å². The number of ketones is 1. The summed E-state index contributed by atoms with van der Waals surface area (Å²) in [5.74, 6) is 0.0960. The van der Waals surface area contributed by atoms with E-state index in [1.807, 2.05) is 26.0 Å². The van der Waals surface area contributed by atoms with Gasteiger partial charge in [-0.1, -0.05) is 0 Å².